The summed E-state index contributed by atoms with van der Waals surface area (Å²) in [5, 5.41) is 0. The largest absolute Gasteiger partial charge is 0.381 e. The van der Waals surface area contributed by atoms with Crippen molar-refractivity contribution in [3.05, 3.63) is 47.2 Å². The van der Waals surface area contributed by atoms with Gasteiger partial charge in [-0.2, -0.15) is 0 Å². The van der Waals surface area contributed by atoms with E-state index in [-0.39, 0.29) is 17.9 Å². The number of ether oxygens (including phenoxy) is 1. The number of nitrogens with zero attached hydrogens (tertiary/aromatic N) is 1. The number of likely N-dealkylation sites (tertiary alicyclic amines) is 1. The standard InChI is InChI=1S/C23H29NO3/c1-6-15(7-8-16-12(2)9-21(16)27-5)24-22(25)19-10-17-13(3)18(14(17)4)11-20(19)23(24)26/h6-8,10-14,16-18,21H,9H2,1-5H3/b8-7-,15-6+. The van der Waals surface area contributed by atoms with Gasteiger partial charge >= 0.3 is 0 Å². The van der Waals surface area contributed by atoms with Gasteiger partial charge in [0.1, 0.15) is 0 Å². The van der Waals surface area contributed by atoms with Crippen molar-refractivity contribution < 1.29 is 14.3 Å². The van der Waals surface area contributed by atoms with Gasteiger partial charge in [0.25, 0.3) is 11.8 Å². The zero-order valence-corrected chi connectivity index (χ0v) is 16.8. The third-order valence-electron chi connectivity index (χ3n) is 7.34. The lowest BCUT2D eigenvalue weighted by Crippen LogP contribution is -2.41. The van der Waals surface area contributed by atoms with Crippen LogP contribution in [0.25, 0.3) is 0 Å². The van der Waals surface area contributed by atoms with Crippen LogP contribution in [-0.2, 0) is 14.3 Å². The number of imide groups is 1. The quantitative estimate of drug-likeness (QED) is 0.560. The minimum absolute atomic E-state index is 0.180. The third kappa shape index (κ3) is 2.60. The summed E-state index contributed by atoms with van der Waals surface area (Å²) < 4.78 is 5.49. The Balaban J connectivity index is 1.60. The number of carbonyl (C=O) groups is 2. The first-order valence-electron chi connectivity index (χ1n) is 10.1. The molecule has 1 heterocycles. The summed E-state index contributed by atoms with van der Waals surface area (Å²) in [7, 11) is 1.74. The molecule has 2 saturated carbocycles. The molecule has 144 valence electrons. The molecule has 5 rings (SSSR count). The molecular weight excluding hydrogens is 338 g/mol. The van der Waals surface area contributed by atoms with E-state index in [9.17, 15) is 9.59 Å². The zero-order chi connectivity index (χ0) is 19.5. The summed E-state index contributed by atoms with van der Waals surface area (Å²) in [5.41, 5.74) is 1.86. The highest BCUT2D eigenvalue weighted by Gasteiger charge is 2.50. The summed E-state index contributed by atoms with van der Waals surface area (Å²) in [6, 6.07) is 0. The third-order valence-corrected chi connectivity index (χ3v) is 7.34. The van der Waals surface area contributed by atoms with E-state index in [2.05, 4.69) is 39.0 Å². The van der Waals surface area contributed by atoms with Crippen LogP contribution in [0.5, 0.6) is 0 Å². The molecule has 3 atom stereocenters. The predicted molar refractivity (Wildman–Crippen MR) is 104 cm³/mol. The van der Waals surface area contributed by atoms with Crippen LogP contribution in [0, 0.1) is 35.5 Å². The monoisotopic (exact) mass is 367 g/mol. The van der Waals surface area contributed by atoms with Crippen molar-refractivity contribution in [3.8, 4) is 0 Å². The molecule has 3 unspecified atom stereocenters. The smallest absolute Gasteiger partial charge is 0.265 e. The van der Waals surface area contributed by atoms with E-state index in [1.807, 2.05) is 19.1 Å². The maximum atomic E-state index is 13.1. The topological polar surface area (TPSA) is 46.6 Å². The molecule has 0 N–H and O–H groups in total. The van der Waals surface area contributed by atoms with Crippen LogP contribution >= 0.6 is 0 Å². The second-order valence-electron chi connectivity index (χ2n) is 8.62. The molecule has 0 aromatic rings. The van der Waals surface area contributed by atoms with Gasteiger partial charge in [0.15, 0.2) is 0 Å². The maximum Gasteiger partial charge on any atom is 0.265 e. The fourth-order valence-corrected chi connectivity index (χ4v) is 5.37. The number of allylic oxidation sites excluding steroid dienone is 4. The van der Waals surface area contributed by atoms with Crippen molar-refractivity contribution in [2.45, 2.75) is 40.2 Å². The van der Waals surface area contributed by atoms with Gasteiger partial charge in [-0.3, -0.25) is 9.59 Å². The first-order valence-corrected chi connectivity index (χ1v) is 10.1. The molecule has 27 heavy (non-hydrogen) atoms. The molecule has 1 aliphatic heterocycles. The van der Waals surface area contributed by atoms with E-state index in [0.717, 1.165) is 6.42 Å². The molecular formula is C23H29NO3. The minimum Gasteiger partial charge on any atom is -0.381 e. The number of carbonyl (C=O) groups excluding carboxylic acids is 2. The molecule has 5 aliphatic rings. The average molecular weight is 367 g/mol. The second-order valence-corrected chi connectivity index (χ2v) is 8.62. The summed E-state index contributed by atoms with van der Waals surface area (Å²) in [6.07, 6.45) is 11.2. The van der Waals surface area contributed by atoms with Crippen molar-refractivity contribution in [3.63, 3.8) is 0 Å². The first-order chi connectivity index (χ1) is 12.9. The lowest BCUT2D eigenvalue weighted by molar-refractivity contribution is -0.134. The van der Waals surface area contributed by atoms with E-state index in [0.29, 0.717) is 52.4 Å². The van der Waals surface area contributed by atoms with Gasteiger partial charge < -0.3 is 4.74 Å². The lowest BCUT2D eigenvalue weighted by Gasteiger charge is -2.46. The number of methoxy groups -OCH3 is 1. The first kappa shape index (κ1) is 18.4. The van der Waals surface area contributed by atoms with Crippen molar-refractivity contribution in [1.82, 2.24) is 4.90 Å². The Morgan fingerprint density at radius 2 is 1.63 bits per heavy atom. The molecule has 2 bridgehead atoms. The van der Waals surface area contributed by atoms with Gasteiger partial charge in [-0.15, -0.1) is 0 Å². The summed E-state index contributed by atoms with van der Waals surface area (Å²) >= 11 is 0. The fraction of sp³-hybridized carbons (Fsp3) is 0.565. The molecule has 0 spiro atoms. The molecule has 2 amide bonds. The average Bonchev–Trinajstić information content (AvgIpc) is 2.80. The van der Waals surface area contributed by atoms with E-state index >= 15 is 0 Å². The Hall–Kier alpha value is -1.94. The normalized spacial score (nSPS) is 41.0. The van der Waals surface area contributed by atoms with Crippen LogP contribution < -0.4 is 0 Å². The predicted octanol–water partition coefficient (Wildman–Crippen LogP) is 3.87. The van der Waals surface area contributed by atoms with Crippen LogP contribution in [0.4, 0.5) is 0 Å². The highest BCUT2D eigenvalue weighted by molar-refractivity contribution is 6.25. The van der Waals surface area contributed by atoms with Crippen LogP contribution in [0.15, 0.2) is 47.2 Å². The molecule has 4 nitrogen and oxygen atoms in total. The Labute approximate surface area is 161 Å². The van der Waals surface area contributed by atoms with Crippen molar-refractivity contribution in [2.24, 2.45) is 35.5 Å². The van der Waals surface area contributed by atoms with Gasteiger partial charge in [0, 0.05) is 29.9 Å². The zero-order valence-electron chi connectivity index (χ0n) is 16.8. The van der Waals surface area contributed by atoms with Gasteiger partial charge in [-0.25, -0.2) is 4.90 Å². The molecule has 0 radical (unpaired) electrons. The molecule has 4 aliphatic carbocycles. The van der Waals surface area contributed by atoms with Gasteiger partial charge in [-0.1, -0.05) is 45.1 Å². The molecule has 4 heteroatoms. The summed E-state index contributed by atoms with van der Waals surface area (Å²) in [6.45, 7) is 8.50. The van der Waals surface area contributed by atoms with E-state index in [1.165, 1.54) is 4.90 Å². The van der Waals surface area contributed by atoms with E-state index in [1.54, 1.807) is 7.11 Å². The van der Waals surface area contributed by atoms with Gasteiger partial charge in [0.05, 0.1) is 6.10 Å². The number of hydrogen-bond acceptors (Lipinski definition) is 3. The van der Waals surface area contributed by atoms with Gasteiger partial charge in [-0.05, 0) is 49.0 Å². The highest BCUT2D eigenvalue weighted by atomic mass is 16.5. The van der Waals surface area contributed by atoms with Crippen molar-refractivity contribution >= 4 is 11.8 Å². The summed E-state index contributed by atoms with van der Waals surface area (Å²) in [4.78, 5) is 27.5. The molecule has 1 saturated heterocycles. The van der Waals surface area contributed by atoms with E-state index < -0.39 is 0 Å². The maximum absolute atomic E-state index is 13.1. The Morgan fingerprint density at radius 3 is 2.07 bits per heavy atom. The van der Waals surface area contributed by atoms with Crippen LogP contribution in [-0.4, -0.2) is 29.9 Å². The van der Waals surface area contributed by atoms with Gasteiger partial charge in [0.2, 0.25) is 0 Å². The molecule has 0 aromatic heterocycles. The van der Waals surface area contributed by atoms with E-state index in [4.69, 9.17) is 4.74 Å². The van der Waals surface area contributed by atoms with Crippen molar-refractivity contribution in [2.75, 3.05) is 7.11 Å². The second kappa shape index (κ2) is 6.59. The molecule has 3 fully saturated rings. The number of hydrogen-bond donors (Lipinski definition) is 0. The van der Waals surface area contributed by atoms with Crippen LogP contribution in [0.1, 0.15) is 34.1 Å². The Bertz CT molecular complexity index is 752. The summed E-state index contributed by atoms with van der Waals surface area (Å²) in [5.74, 6) is 2.31. The number of amides is 2. The fourth-order valence-electron chi connectivity index (χ4n) is 5.37. The van der Waals surface area contributed by atoms with Crippen LogP contribution in [0.3, 0.4) is 0 Å². The molecule has 0 aromatic carbocycles. The highest BCUT2D eigenvalue weighted by Crippen LogP contribution is 2.52. The SMILES string of the molecule is C/C=C(\C=C/C1C(C)CC1OC)N1C(=O)C2=CC3C(C)C(C=C2C1=O)C3C. The lowest BCUT2D eigenvalue weighted by atomic mass is 9.58. The Kier molecular flexibility index (Phi) is 4.50. The van der Waals surface area contributed by atoms with Crippen LogP contribution in [0.2, 0.25) is 0 Å². The Morgan fingerprint density at radius 1 is 1.07 bits per heavy atom. The minimum atomic E-state index is -0.180. The van der Waals surface area contributed by atoms with Crippen molar-refractivity contribution in [1.29, 1.82) is 0 Å². The number of rotatable bonds is 4.